The summed E-state index contributed by atoms with van der Waals surface area (Å²) in [5.74, 6) is 0. The van der Waals surface area contributed by atoms with Crippen molar-refractivity contribution in [2.75, 3.05) is 0 Å². The minimum absolute atomic E-state index is 1.07. The molecular weight excluding hydrogens is 691 g/mol. The number of fused-ring (bicyclic) bond motifs is 3. The van der Waals surface area contributed by atoms with Gasteiger partial charge in [-0.05, 0) is 143 Å². The first-order valence-corrected chi connectivity index (χ1v) is 19.7. The number of hydrogen-bond donors (Lipinski definition) is 0. The maximum absolute atomic E-state index is 4.61. The van der Waals surface area contributed by atoms with Gasteiger partial charge in [-0.25, -0.2) is 0 Å². The molecule has 0 aliphatic rings. The van der Waals surface area contributed by atoms with E-state index in [-0.39, 0.29) is 0 Å². The fourth-order valence-electron chi connectivity index (χ4n) is 7.64. The van der Waals surface area contributed by atoms with Gasteiger partial charge in [-0.3, -0.25) is 15.0 Å². The van der Waals surface area contributed by atoms with Crippen molar-refractivity contribution < 1.29 is 0 Å². The highest BCUT2D eigenvalue weighted by Gasteiger charge is 2.11. The molecule has 3 heteroatoms. The van der Waals surface area contributed by atoms with Gasteiger partial charge in [-0.2, -0.15) is 0 Å². The average molecular weight is 742 g/mol. The number of pyridine rings is 3. The van der Waals surface area contributed by atoms with Crippen LogP contribution in [-0.4, -0.2) is 15.0 Å². The highest BCUT2D eigenvalue weighted by Crippen LogP contribution is 2.32. The molecule has 282 valence electrons. The molecule has 57 heavy (non-hydrogen) atoms. The Morgan fingerprint density at radius 2 is 0.789 bits per heavy atom. The third-order valence-corrected chi connectivity index (χ3v) is 10.9. The molecule has 0 N–H and O–H groups in total. The van der Waals surface area contributed by atoms with Gasteiger partial charge in [-0.15, -0.1) is 0 Å². The maximum atomic E-state index is 4.61. The Morgan fingerprint density at radius 1 is 0.298 bits per heavy atom. The lowest BCUT2D eigenvalue weighted by Gasteiger charge is -2.10. The number of nitrogens with zero attached hydrogens (tertiary/aromatic N) is 3. The zero-order valence-corrected chi connectivity index (χ0v) is 34.7. The molecule has 6 aromatic carbocycles. The third-order valence-electron chi connectivity index (χ3n) is 10.9. The van der Waals surface area contributed by atoms with E-state index >= 15 is 0 Å². The van der Waals surface area contributed by atoms with Crippen molar-refractivity contribution in [1.29, 1.82) is 0 Å². The lowest BCUT2D eigenvalue weighted by molar-refractivity contribution is 1.31. The molecule has 0 unspecified atom stereocenters. The fourth-order valence-corrected chi connectivity index (χ4v) is 7.64. The zero-order valence-electron chi connectivity index (χ0n) is 34.7. The van der Waals surface area contributed by atoms with E-state index in [0.717, 1.165) is 17.1 Å². The van der Waals surface area contributed by atoms with Gasteiger partial charge in [-0.1, -0.05) is 113 Å². The van der Waals surface area contributed by atoms with Crippen molar-refractivity contribution in [3.05, 3.63) is 196 Å². The molecule has 0 saturated carbocycles. The lowest BCUT2D eigenvalue weighted by Crippen LogP contribution is -1.90. The lowest BCUT2D eigenvalue weighted by atomic mass is 9.97. The molecule has 3 heterocycles. The number of hydrogen-bond acceptors (Lipinski definition) is 3. The predicted octanol–water partition coefficient (Wildman–Crippen LogP) is 14.5. The van der Waals surface area contributed by atoms with Gasteiger partial charge in [0.05, 0.1) is 17.1 Å². The van der Waals surface area contributed by atoms with Gasteiger partial charge < -0.3 is 0 Å². The fraction of sp³-hybridized carbons (Fsp3) is 0.167. The van der Waals surface area contributed by atoms with Crippen LogP contribution in [0.25, 0.3) is 66.1 Å². The van der Waals surface area contributed by atoms with E-state index < -0.39 is 0 Å². The summed E-state index contributed by atoms with van der Waals surface area (Å²) in [7, 11) is 0. The molecule has 3 aromatic heterocycles. The van der Waals surface area contributed by atoms with Crippen molar-refractivity contribution in [2.24, 2.45) is 0 Å². The number of aryl methyl sites for hydroxylation is 9. The number of rotatable bonds is 3. The molecule has 9 rings (SSSR count). The summed E-state index contributed by atoms with van der Waals surface area (Å²) in [6.45, 7) is 19.2. The Balaban J connectivity index is 0.000000131. The van der Waals surface area contributed by atoms with E-state index in [0.29, 0.717) is 0 Å². The summed E-state index contributed by atoms with van der Waals surface area (Å²) in [5.41, 5.74) is 18.5. The van der Waals surface area contributed by atoms with Gasteiger partial charge in [0.15, 0.2) is 0 Å². The van der Waals surface area contributed by atoms with Crippen LogP contribution in [0.4, 0.5) is 0 Å². The largest absolute Gasteiger partial charge is 0.256 e. The van der Waals surface area contributed by atoms with Crippen LogP contribution in [-0.2, 0) is 0 Å². The summed E-state index contributed by atoms with van der Waals surface area (Å²) < 4.78 is 0. The van der Waals surface area contributed by atoms with E-state index in [1.54, 1.807) is 0 Å². The Bertz CT molecular complexity index is 2840. The topological polar surface area (TPSA) is 38.7 Å². The van der Waals surface area contributed by atoms with Crippen molar-refractivity contribution in [3.8, 4) is 33.8 Å². The van der Waals surface area contributed by atoms with Crippen molar-refractivity contribution in [2.45, 2.75) is 62.3 Å². The molecule has 0 fully saturated rings. The van der Waals surface area contributed by atoms with Crippen LogP contribution in [0, 0.1) is 62.3 Å². The second kappa shape index (κ2) is 16.7. The van der Waals surface area contributed by atoms with E-state index in [2.05, 4.69) is 205 Å². The van der Waals surface area contributed by atoms with Gasteiger partial charge in [0, 0.05) is 51.4 Å². The smallest absolute Gasteiger partial charge is 0.0783 e. The quantitative estimate of drug-likeness (QED) is 0.181. The number of aromatic nitrogens is 3. The van der Waals surface area contributed by atoms with Gasteiger partial charge in [0.1, 0.15) is 0 Å². The number of benzene rings is 6. The molecule has 0 spiro atoms. The average Bonchev–Trinajstić information content (AvgIpc) is 3.19. The Hall–Kier alpha value is -6.45. The summed E-state index contributed by atoms with van der Waals surface area (Å²) in [6, 6.07) is 45.3. The molecule has 0 aliphatic carbocycles. The van der Waals surface area contributed by atoms with Crippen LogP contribution in [0.1, 0.15) is 50.1 Å². The van der Waals surface area contributed by atoms with E-state index in [4.69, 9.17) is 0 Å². The Morgan fingerprint density at radius 3 is 1.35 bits per heavy atom. The minimum atomic E-state index is 1.07. The Labute approximate surface area is 338 Å². The van der Waals surface area contributed by atoms with Crippen LogP contribution in [0.15, 0.2) is 146 Å². The van der Waals surface area contributed by atoms with E-state index in [1.807, 2.05) is 18.6 Å². The molecule has 0 saturated heterocycles. The first kappa shape index (κ1) is 38.8. The Kier molecular flexibility index (Phi) is 11.4. The minimum Gasteiger partial charge on any atom is -0.256 e. The van der Waals surface area contributed by atoms with Gasteiger partial charge in [0.2, 0.25) is 0 Å². The second-order valence-corrected chi connectivity index (χ2v) is 15.5. The normalized spacial score (nSPS) is 10.9. The van der Waals surface area contributed by atoms with Crippen LogP contribution in [0.5, 0.6) is 0 Å². The second-order valence-electron chi connectivity index (χ2n) is 15.5. The summed E-state index contributed by atoms with van der Waals surface area (Å²) >= 11 is 0. The van der Waals surface area contributed by atoms with Crippen molar-refractivity contribution in [3.63, 3.8) is 0 Å². The van der Waals surface area contributed by atoms with Gasteiger partial charge >= 0.3 is 0 Å². The molecule has 0 aliphatic heterocycles. The van der Waals surface area contributed by atoms with Crippen LogP contribution in [0.3, 0.4) is 0 Å². The molecule has 3 nitrogen and oxygen atoms in total. The highest BCUT2D eigenvalue weighted by molar-refractivity contribution is 5.98. The molecule has 0 radical (unpaired) electrons. The summed E-state index contributed by atoms with van der Waals surface area (Å²) in [4.78, 5) is 13.8. The third kappa shape index (κ3) is 8.54. The first-order chi connectivity index (χ1) is 27.5. The monoisotopic (exact) mass is 741 g/mol. The van der Waals surface area contributed by atoms with Gasteiger partial charge in [0.25, 0.3) is 0 Å². The van der Waals surface area contributed by atoms with Crippen LogP contribution in [0.2, 0.25) is 0 Å². The predicted molar refractivity (Wildman–Crippen MR) is 244 cm³/mol. The molecule has 0 bridgehead atoms. The van der Waals surface area contributed by atoms with E-state index in [1.165, 1.54) is 99.1 Å². The molecular formula is C54H51N3. The van der Waals surface area contributed by atoms with Crippen molar-refractivity contribution >= 4 is 32.3 Å². The van der Waals surface area contributed by atoms with Crippen LogP contribution >= 0.6 is 0 Å². The standard InChI is InChI=1S/3C18H17N/c1-12-5-7-16(14(3)10-12)18-17-11-13(2)4-6-15(17)8-9-19-18;1-12-4-6-15-8-9-19-18(17(15)10-12)16-7-5-13(2)14(3)11-16;1-12-7-8-16(14(3)11-12)18-17-6-4-5-13(2)15(17)9-10-19-18/h3*4-11H,1-3H3. The summed E-state index contributed by atoms with van der Waals surface area (Å²) in [5, 5.41) is 7.46. The SMILES string of the molecule is Cc1ccc(-c2nccc3c(C)cccc23)c(C)c1.Cc1ccc(-c2nccc3ccc(C)cc23)c(C)c1.Cc1ccc2ccnc(-c3ccc(C)c(C)c3)c2c1. The zero-order chi connectivity index (χ0) is 40.2. The van der Waals surface area contributed by atoms with Crippen LogP contribution < -0.4 is 0 Å². The molecule has 0 amide bonds. The molecule has 0 atom stereocenters. The first-order valence-electron chi connectivity index (χ1n) is 19.7. The maximum Gasteiger partial charge on any atom is 0.0783 e. The van der Waals surface area contributed by atoms with E-state index in [9.17, 15) is 0 Å². The summed E-state index contributed by atoms with van der Waals surface area (Å²) in [6.07, 6.45) is 5.69. The highest BCUT2D eigenvalue weighted by atomic mass is 14.7. The van der Waals surface area contributed by atoms with Crippen molar-refractivity contribution in [1.82, 2.24) is 15.0 Å². The molecule has 9 aromatic rings.